The van der Waals surface area contributed by atoms with Crippen molar-refractivity contribution in [1.82, 2.24) is 5.32 Å². The minimum absolute atomic E-state index is 0.159. The summed E-state index contributed by atoms with van der Waals surface area (Å²) in [5.41, 5.74) is 2.17. The molecule has 0 aliphatic rings. The molecule has 0 aromatic heterocycles. The van der Waals surface area contributed by atoms with Crippen LogP contribution in [0.1, 0.15) is 20.7 Å². The second-order valence-corrected chi connectivity index (χ2v) is 6.66. The van der Waals surface area contributed by atoms with Gasteiger partial charge in [0.25, 0.3) is 11.8 Å². The predicted molar refractivity (Wildman–Crippen MR) is 116 cm³/mol. The van der Waals surface area contributed by atoms with Crippen molar-refractivity contribution < 1.29 is 9.59 Å². The highest BCUT2D eigenvalue weighted by Gasteiger charge is 2.09. The van der Waals surface area contributed by atoms with Crippen LogP contribution in [-0.4, -0.2) is 16.9 Å². The van der Waals surface area contributed by atoms with Crippen LogP contribution in [0.4, 0.5) is 11.4 Å². The number of carbonyl (C=O) groups excluding carboxylic acids is 2. The first-order chi connectivity index (χ1) is 13.5. The van der Waals surface area contributed by atoms with Gasteiger partial charge in [0.05, 0.1) is 0 Å². The Hall–Kier alpha value is -3.22. The number of benzene rings is 3. The summed E-state index contributed by atoms with van der Waals surface area (Å²) in [6.45, 7) is 0. The minimum atomic E-state index is -0.302. The summed E-state index contributed by atoms with van der Waals surface area (Å²) in [5, 5.41) is 8.99. The van der Waals surface area contributed by atoms with E-state index in [4.69, 9.17) is 23.8 Å². The molecule has 2 amide bonds. The van der Waals surface area contributed by atoms with E-state index in [0.717, 1.165) is 0 Å². The molecule has 0 saturated heterocycles. The van der Waals surface area contributed by atoms with E-state index in [2.05, 4.69) is 16.0 Å². The number of nitrogens with one attached hydrogen (secondary N) is 3. The van der Waals surface area contributed by atoms with Crippen LogP contribution in [0.3, 0.4) is 0 Å². The zero-order valence-corrected chi connectivity index (χ0v) is 16.2. The van der Waals surface area contributed by atoms with Crippen LogP contribution in [0.2, 0.25) is 5.02 Å². The van der Waals surface area contributed by atoms with E-state index in [9.17, 15) is 9.59 Å². The number of thiocarbonyl (C=S) groups is 1. The zero-order valence-electron chi connectivity index (χ0n) is 14.6. The van der Waals surface area contributed by atoms with Crippen molar-refractivity contribution >= 4 is 52.1 Å². The van der Waals surface area contributed by atoms with Gasteiger partial charge in [-0.3, -0.25) is 14.9 Å². The van der Waals surface area contributed by atoms with E-state index in [1.165, 1.54) is 0 Å². The Morgan fingerprint density at radius 2 is 1.36 bits per heavy atom. The Morgan fingerprint density at radius 1 is 0.714 bits per heavy atom. The van der Waals surface area contributed by atoms with Gasteiger partial charge in [0.15, 0.2) is 5.11 Å². The summed E-state index contributed by atoms with van der Waals surface area (Å²) in [6.07, 6.45) is 0. The molecule has 0 aliphatic heterocycles. The van der Waals surface area contributed by atoms with Crippen molar-refractivity contribution in [1.29, 1.82) is 0 Å². The van der Waals surface area contributed by atoms with Crippen LogP contribution in [0, 0.1) is 0 Å². The number of carbonyl (C=O) groups is 2. The maximum absolute atomic E-state index is 12.3. The van der Waals surface area contributed by atoms with E-state index in [0.29, 0.717) is 27.5 Å². The number of halogens is 1. The summed E-state index contributed by atoms with van der Waals surface area (Å²) in [6, 6.07) is 22.5. The van der Waals surface area contributed by atoms with Crippen LogP contribution in [-0.2, 0) is 0 Å². The highest BCUT2D eigenvalue weighted by molar-refractivity contribution is 7.80. The average Bonchev–Trinajstić information content (AvgIpc) is 2.69. The molecule has 3 aromatic carbocycles. The van der Waals surface area contributed by atoms with E-state index < -0.39 is 0 Å². The smallest absolute Gasteiger partial charge is 0.257 e. The maximum atomic E-state index is 12.3. The lowest BCUT2D eigenvalue weighted by atomic mass is 10.2. The average molecular weight is 410 g/mol. The molecule has 3 rings (SSSR count). The fourth-order valence-electron chi connectivity index (χ4n) is 2.43. The molecule has 0 saturated carbocycles. The van der Waals surface area contributed by atoms with Crippen molar-refractivity contribution in [2.24, 2.45) is 0 Å². The van der Waals surface area contributed by atoms with E-state index in [1.54, 1.807) is 72.8 Å². The fraction of sp³-hybridized carbons (Fsp3) is 0. The zero-order chi connectivity index (χ0) is 19.9. The number of hydrogen-bond donors (Lipinski definition) is 3. The second kappa shape index (κ2) is 9.12. The summed E-state index contributed by atoms with van der Waals surface area (Å²) in [7, 11) is 0. The molecule has 0 unspecified atom stereocenters. The van der Waals surface area contributed by atoms with Gasteiger partial charge in [-0.2, -0.15) is 0 Å². The third-order valence-corrected chi connectivity index (χ3v) is 4.17. The third-order valence-electron chi connectivity index (χ3n) is 3.73. The number of anilines is 2. The fourth-order valence-corrected chi connectivity index (χ4v) is 2.84. The summed E-state index contributed by atoms with van der Waals surface area (Å²) >= 11 is 11.1. The molecule has 3 aromatic rings. The first-order valence-electron chi connectivity index (χ1n) is 8.35. The number of hydrogen-bond acceptors (Lipinski definition) is 3. The van der Waals surface area contributed by atoms with E-state index in [-0.39, 0.29) is 16.9 Å². The predicted octanol–water partition coefficient (Wildman–Crippen LogP) is 4.72. The van der Waals surface area contributed by atoms with Gasteiger partial charge in [-0.25, -0.2) is 0 Å². The summed E-state index contributed by atoms with van der Waals surface area (Å²) < 4.78 is 0. The van der Waals surface area contributed by atoms with Gasteiger partial charge in [-0.05, 0) is 60.7 Å². The Morgan fingerprint density at radius 3 is 2.07 bits per heavy atom. The van der Waals surface area contributed by atoms with Crippen LogP contribution in [0.15, 0.2) is 78.9 Å². The Labute approximate surface area is 172 Å². The minimum Gasteiger partial charge on any atom is -0.332 e. The molecular formula is C21H16ClN3O2S. The van der Waals surface area contributed by atoms with Gasteiger partial charge in [-0.1, -0.05) is 41.9 Å². The maximum Gasteiger partial charge on any atom is 0.257 e. The molecule has 7 heteroatoms. The number of rotatable bonds is 4. The van der Waals surface area contributed by atoms with Gasteiger partial charge in [-0.15, -0.1) is 0 Å². The molecule has 140 valence electrons. The molecule has 0 atom stereocenters. The molecule has 0 heterocycles. The molecule has 0 fully saturated rings. The quantitative estimate of drug-likeness (QED) is 0.545. The first kappa shape index (κ1) is 19.5. The Bertz CT molecular complexity index is 1020. The molecule has 5 nitrogen and oxygen atoms in total. The lowest BCUT2D eigenvalue weighted by Crippen LogP contribution is -2.34. The molecule has 0 aliphatic carbocycles. The largest absolute Gasteiger partial charge is 0.332 e. The van der Waals surface area contributed by atoms with Crippen molar-refractivity contribution in [3.63, 3.8) is 0 Å². The number of amides is 2. The molecule has 0 spiro atoms. The SMILES string of the molecule is O=C(NC(=S)Nc1cccc(NC(=O)c2cccc(Cl)c2)c1)c1ccccc1. The van der Waals surface area contributed by atoms with Crippen LogP contribution >= 0.6 is 23.8 Å². The molecular weight excluding hydrogens is 394 g/mol. The van der Waals surface area contributed by atoms with Crippen molar-refractivity contribution in [2.75, 3.05) is 10.6 Å². The van der Waals surface area contributed by atoms with Crippen LogP contribution < -0.4 is 16.0 Å². The summed E-state index contributed by atoms with van der Waals surface area (Å²) in [5.74, 6) is -0.580. The van der Waals surface area contributed by atoms with Crippen LogP contribution in [0.25, 0.3) is 0 Å². The van der Waals surface area contributed by atoms with E-state index >= 15 is 0 Å². The summed E-state index contributed by atoms with van der Waals surface area (Å²) in [4.78, 5) is 24.5. The monoisotopic (exact) mass is 409 g/mol. The third kappa shape index (κ3) is 5.39. The van der Waals surface area contributed by atoms with Crippen molar-refractivity contribution in [3.05, 3.63) is 95.0 Å². The second-order valence-electron chi connectivity index (χ2n) is 5.82. The lowest BCUT2D eigenvalue weighted by molar-refractivity contribution is 0.0976. The Balaban J connectivity index is 1.62. The van der Waals surface area contributed by atoms with Crippen molar-refractivity contribution in [2.45, 2.75) is 0 Å². The molecule has 3 N–H and O–H groups in total. The topological polar surface area (TPSA) is 70.2 Å². The van der Waals surface area contributed by atoms with E-state index in [1.807, 2.05) is 6.07 Å². The molecule has 28 heavy (non-hydrogen) atoms. The Kier molecular flexibility index (Phi) is 6.37. The highest BCUT2D eigenvalue weighted by atomic mass is 35.5. The van der Waals surface area contributed by atoms with Gasteiger partial charge in [0, 0.05) is 27.5 Å². The molecule has 0 bridgehead atoms. The van der Waals surface area contributed by atoms with Gasteiger partial charge in [0.2, 0.25) is 0 Å². The lowest BCUT2D eigenvalue weighted by Gasteiger charge is -2.11. The first-order valence-corrected chi connectivity index (χ1v) is 9.14. The van der Waals surface area contributed by atoms with Crippen molar-refractivity contribution in [3.8, 4) is 0 Å². The molecule has 0 radical (unpaired) electrons. The standard InChI is InChI=1S/C21H16ClN3O2S/c22-16-9-4-8-15(12-16)20(27)23-17-10-5-11-18(13-17)24-21(28)25-19(26)14-6-2-1-3-7-14/h1-13H,(H,23,27)(H2,24,25,26,28). The van der Waals surface area contributed by atoms with Gasteiger partial charge in [0.1, 0.15) is 0 Å². The highest BCUT2D eigenvalue weighted by Crippen LogP contribution is 2.17. The van der Waals surface area contributed by atoms with Gasteiger partial charge >= 0.3 is 0 Å². The van der Waals surface area contributed by atoms with Crippen LogP contribution in [0.5, 0.6) is 0 Å². The van der Waals surface area contributed by atoms with Gasteiger partial charge < -0.3 is 10.6 Å². The normalized spacial score (nSPS) is 10.0.